The van der Waals surface area contributed by atoms with E-state index in [9.17, 15) is 9.59 Å². The molecule has 1 atom stereocenters. The van der Waals surface area contributed by atoms with Gasteiger partial charge >= 0.3 is 5.97 Å². The monoisotopic (exact) mass is 225 g/mol. The first kappa shape index (κ1) is 13.9. The average molecular weight is 225 g/mol. The molecule has 0 spiro atoms. The van der Waals surface area contributed by atoms with Crippen LogP contribution in [-0.4, -0.2) is 23.0 Å². The molecule has 1 aromatic carbocycles. The zero-order valence-corrected chi connectivity index (χ0v) is 8.88. The highest BCUT2D eigenvalue weighted by molar-refractivity contribution is 5.97. The summed E-state index contributed by atoms with van der Waals surface area (Å²) in [5.74, 6) is -1.45. The second-order valence-corrected chi connectivity index (χ2v) is 3.08. The zero-order valence-electron chi connectivity index (χ0n) is 8.88. The highest BCUT2D eigenvalue weighted by atomic mass is 16.4. The van der Waals surface area contributed by atoms with E-state index in [4.69, 9.17) is 22.3 Å². The van der Waals surface area contributed by atoms with E-state index in [2.05, 4.69) is 0 Å². The van der Waals surface area contributed by atoms with E-state index < -0.39 is 17.9 Å². The van der Waals surface area contributed by atoms with E-state index >= 15 is 0 Å². The maximum absolute atomic E-state index is 10.6. The summed E-state index contributed by atoms with van der Waals surface area (Å²) in [6, 6.07) is 5.97. The van der Waals surface area contributed by atoms with E-state index in [0.29, 0.717) is 11.3 Å². The maximum Gasteiger partial charge on any atom is 0.320 e. The molecule has 0 heterocycles. The van der Waals surface area contributed by atoms with E-state index in [0.717, 1.165) is 0 Å². The maximum atomic E-state index is 10.6. The van der Waals surface area contributed by atoms with Crippen molar-refractivity contribution in [1.82, 2.24) is 0 Å². The zero-order chi connectivity index (χ0) is 12.7. The van der Waals surface area contributed by atoms with Crippen LogP contribution in [0.3, 0.4) is 0 Å². The predicted octanol–water partition coefficient (Wildman–Crippen LogP) is -0.214. The molecule has 88 valence electrons. The lowest BCUT2D eigenvalue weighted by Gasteiger charge is -1.97. The van der Waals surface area contributed by atoms with Gasteiger partial charge < -0.3 is 22.3 Å². The van der Waals surface area contributed by atoms with Crippen molar-refractivity contribution in [1.29, 1.82) is 0 Å². The van der Waals surface area contributed by atoms with Gasteiger partial charge in [0.25, 0.3) is 5.91 Å². The molecule has 0 saturated heterocycles. The van der Waals surface area contributed by atoms with Crippen LogP contribution in [0.2, 0.25) is 0 Å². The van der Waals surface area contributed by atoms with Gasteiger partial charge in [-0.15, -0.1) is 0 Å². The van der Waals surface area contributed by atoms with Crippen LogP contribution in [0, 0.1) is 0 Å². The van der Waals surface area contributed by atoms with Crippen LogP contribution in [0.5, 0.6) is 0 Å². The van der Waals surface area contributed by atoms with Gasteiger partial charge in [0, 0.05) is 5.69 Å². The molecule has 16 heavy (non-hydrogen) atoms. The van der Waals surface area contributed by atoms with Crippen molar-refractivity contribution in [2.45, 2.75) is 13.0 Å². The van der Waals surface area contributed by atoms with Gasteiger partial charge in [0.15, 0.2) is 0 Å². The highest BCUT2D eigenvalue weighted by Crippen LogP contribution is 2.08. The first-order chi connectivity index (χ1) is 7.36. The Balaban J connectivity index is 0.000000325. The standard InChI is InChI=1S/C7H8N2O.C3H7NO2/c8-6-4-2-1-3-5(6)7(9)10;1-2(4)3(5)6/h1-4H,8H2,(H2,9,10);2H,4H2,1H3,(H,5,6). The van der Waals surface area contributed by atoms with Crippen molar-refractivity contribution < 1.29 is 14.7 Å². The molecule has 7 N–H and O–H groups in total. The molecule has 0 radical (unpaired) electrons. The lowest BCUT2D eigenvalue weighted by Crippen LogP contribution is -2.25. The third kappa shape index (κ3) is 4.97. The molecule has 1 amide bonds. The SMILES string of the molecule is CC(N)C(=O)O.NC(=O)c1ccccc1N. The van der Waals surface area contributed by atoms with Gasteiger partial charge in [-0.3, -0.25) is 9.59 Å². The van der Waals surface area contributed by atoms with Crippen molar-refractivity contribution >= 4 is 17.6 Å². The summed E-state index contributed by atoms with van der Waals surface area (Å²) in [6.07, 6.45) is 0. The van der Waals surface area contributed by atoms with Crippen molar-refractivity contribution in [3.05, 3.63) is 29.8 Å². The number of carboxylic acids is 1. The molecule has 6 heteroatoms. The van der Waals surface area contributed by atoms with Gasteiger partial charge in [-0.05, 0) is 19.1 Å². The fraction of sp³-hybridized carbons (Fsp3) is 0.200. The Morgan fingerprint density at radius 2 is 1.75 bits per heavy atom. The third-order valence-corrected chi connectivity index (χ3v) is 1.62. The Labute approximate surface area is 93.0 Å². The third-order valence-electron chi connectivity index (χ3n) is 1.62. The molecular formula is C10H15N3O3. The van der Waals surface area contributed by atoms with Gasteiger partial charge in [0.2, 0.25) is 0 Å². The van der Waals surface area contributed by atoms with Crippen molar-refractivity contribution in [3.8, 4) is 0 Å². The summed E-state index contributed by atoms with van der Waals surface area (Å²) in [5.41, 5.74) is 16.1. The number of carbonyl (C=O) groups is 2. The Kier molecular flexibility index (Phi) is 5.58. The highest BCUT2D eigenvalue weighted by Gasteiger charge is 2.01. The van der Waals surface area contributed by atoms with Crippen LogP contribution < -0.4 is 17.2 Å². The van der Waals surface area contributed by atoms with E-state index in [1.807, 2.05) is 0 Å². The number of hydrogen-bond donors (Lipinski definition) is 4. The lowest BCUT2D eigenvalue weighted by molar-refractivity contribution is -0.138. The van der Waals surface area contributed by atoms with Gasteiger partial charge in [-0.25, -0.2) is 0 Å². The Morgan fingerprint density at radius 1 is 1.31 bits per heavy atom. The van der Waals surface area contributed by atoms with Gasteiger partial charge in [-0.1, -0.05) is 12.1 Å². The van der Waals surface area contributed by atoms with Crippen LogP contribution in [-0.2, 0) is 4.79 Å². The molecule has 6 nitrogen and oxygen atoms in total. The van der Waals surface area contributed by atoms with Gasteiger partial charge in [0.1, 0.15) is 6.04 Å². The number of benzene rings is 1. The van der Waals surface area contributed by atoms with E-state index in [-0.39, 0.29) is 0 Å². The number of amides is 1. The number of para-hydroxylation sites is 1. The average Bonchev–Trinajstić information content (AvgIpc) is 2.18. The van der Waals surface area contributed by atoms with Gasteiger partial charge in [0.05, 0.1) is 5.56 Å². The summed E-state index contributed by atoms with van der Waals surface area (Å²) in [6.45, 7) is 1.42. The molecule has 0 aliphatic heterocycles. The number of primary amides is 1. The fourth-order valence-electron chi connectivity index (χ4n) is 0.721. The van der Waals surface area contributed by atoms with Crippen LogP contribution in [0.4, 0.5) is 5.69 Å². The molecule has 0 aromatic heterocycles. The molecule has 0 bridgehead atoms. The normalized spacial score (nSPS) is 10.9. The fourth-order valence-corrected chi connectivity index (χ4v) is 0.721. The Morgan fingerprint density at radius 3 is 2.00 bits per heavy atom. The summed E-state index contributed by atoms with van der Waals surface area (Å²) in [4.78, 5) is 20.1. The number of carboxylic acid groups (broad SMARTS) is 1. The molecule has 1 rings (SSSR count). The number of rotatable bonds is 2. The first-order valence-corrected chi connectivity index (χ1v) is 4.49. The van der Waals surface area contributed by atoms with Crippen molar-refractivity contribution in [2.75, 3.05) is 5.73 Å². The number of nitrogen functional groups attached to an aromatic ring is 1. The second kappa shape index (κ2) is 6.41. The quantitative estimate of drug-likeness (QED) is 0.517. The molecule has 1 aromatic rings. The van der Waals surface area contributed by atoms with Crippen LogP contribution in [0.25, 0.3) is 0 Å². The largest absolute Gasteiger partial charge is 0.480 e. The summed E-state index contributed by atoms with van der Waals surface area (Å²) in [7, 11) is 0. The van der Waals surface area contributed by atoms with E-state index in [1.165, 1.54) is 6.92 Å². The summed E-state index contributed by atoms with van der Waals surface area (Å²) < 4.78 is 0. The smallest absolute Gasteiger partial charge is 0.320 e. The molecular weight excluding hydrogens is 210 g/mol. The second-order valence-electron chi connectivity index (χ2n) is 3.08. The van der Waals surface area contributed by atoms with Gasteiger partial charge in [-0.2, -0.15) is 0 Å². The summed E-state index contributed by atoms with van der Waals surface area (Å²) >= 11 is 0. The lowest BCUT2D eigenvalue weighted by atomic mass is 10.2. The number of aliphatic carboxylic acids is 1. The van der Waals surface area contributed by atoms with Crippen LogP contribution >= 0.6 is 0 Å². The minimum atomic E-state index is -0.963. The van der Waals surface area contributed by atoms with Crippen LogP contribution in [0.1, 0.15) is 17.3 Å². The topological polar surface area (TPSA) is 132 Å². The first-order valence-electron chi connectivity index (χ1n) is 4.49. The minimum Gasteiger partial charge on any atom is -0.480 e. The number of carbonyl (C=O) groups excluding carboxylic acids is 1. The van der Waals surface area contributed by atoms with E-state index in [1.54, 1.807) is 24.3 Å². The van der Waals surface area contributed by atoms with Crippen LogP contribution in [0.15, 0.2) is 24.3 Å². The molecule has 0 fully saturated rings. The number of hydrogen-bond acceptors (Lipinski definition) is 4. The molecule has 0 aliphatic rings. The minimum absolute atomic E-state index is 0.377. The Bertz CT molecular complexity index is 377. The number of anilines is 1. The Hall–Kier alpha value is -2.08. The van der Waals surface area contributed by atoms with Crippen molar-refractivity contribution in [2.24, 2.45) is 11.5 Å². The molecule has 0 aliphatic carbocycles. The molecule has 0 saturated carbocycles. The molecule has 1 unspecified atom stereocenters. The predicted molar refractivity (Wildman–Crippen MR) is 60.7 cm³/mol. The van der Waals surface area contributed by atoms with Crippen molar-refractivity contribution in [3.63, 3.8) is 0 Å². The summed E-state index contributed by atoms with van der Waals surface area (Å²) in [5, 5.41) is 7.87. The number of nitrogens with two attached hydrogens (primary N) is 3.